The summed E-state index contributed by atoms with van der Waals surface area (Å²) in [6.07, 6.45) is 0.777. The third-order valence-electron chi connectivity index (χ3n) is 6.58. The van der Waals surface area contributed by atoms with Gasteiger partial charge in [0.05, 0.1) is 13.0 Å². The van der Waals surface area contributed by atoms with E-state index in [9.17, 15) is 9.59 Å². The van der Waals surface area contributed by atoms with Crippen molar-refractivity contribution in [1.82, 2.24) is 15.5 Å². The number of methoxy groups -OCH3 is 1. The highest BCUT2D eigenvalue weighted by molar-refractivity contribution is 5.94. The minimum Gasteiger partial charge on any atom is -0.497 e. The van der Waals surface area contributed by atoms with Crippen molar-refractivity contribution in [2.24, 2.45) is 5.92 Å². The molecule has 35 heavy (non-hydrogen) atoms. The number of carbonyl (C=O) groups excluding carboxylic acids is 2. The monoisotopic (exact) mass is 471 g/mol. The topological polar surface area (TPSA) is 70.7 Å². The number of nitrogens with zero attached hydrogens (tertiary/aromatic N) is 1. The highest BCUT2D eigenvalue weighted by Gasteiger charge is 2.36. The second-order valence-corrected chi connectivity index (χ2v) is 9.12. The molecule has 2 N–H and O–H groups in total. The number of benzene rings is 3. The number of amides is 2. The van der Waals surface area contributed by atoms with E-state index in [1.165, 1.54) is 0 Å². The van der Waals surface area contributed by atoms with Crippen molar-refractivity contribution >= 4 is 11.8 Å². The Hall–Kier alpha value is -3.64. The van der Waals surface area contributed by atoms with E-state index in [1.807, 2.05) is 54.6 Å². The lowest BCUT2D eigenvalue weighted by Gasteiger charge is -2.19. The average Bonchev–Trinajstić information content (AvgIpc) is 3.30. The highest BCUT2D eigenvalue weighted by atomic mass is 16.5. The van der Waals surface area contributed by atoms with Crippen LogP contribution in [0.15, 0.2) is 78.9 Å². The lowest BCUT2D eigenvalue weighted by atomic mass is 9.87. The van der Waals surface area contributed by atoms with Crippen molar-refractivity contribution in [2.45, 2.75) is 18.9 Å². The fraction of sp³-hybridized carbons (Fsp3) is 0.310. The maximum absolute atomic E-state index is 13.1. The number of rotatable bonds is 9. The second kappa shape index (κ2) is 11.7. The minimum atomic E-state index is -0.106. The first-order chi connectivity index (χ1) is 17.0. The maximum atomic E-state index is 13.1. The van der Waals surface area contributed by atoms with Gasteiger partial charge in [0.25, 0.3) is 5.91 Å². The Morgan fingerprint density at radius 3 is 2.43 bits per heavy atom. The molecule has 2 amide bonds. The number of carbonyl (C=O) groups is 2. The van der Waals surface area contributed by atoms with Crippen LogP contribution < -0.4 is 15.4 Å². The molecule has 0 radical (unpaired) electrons. The predicted octanol–water partition coefficient (Wildman–Crippen LogP) is 3.63. The molecule has 0 unspecified atom stereocenters. The Balaban J connectivity index is 1.35. The summed E-state index contributed by atoms with van der Waals surface area (Å²) in [4.78, 5) is 27.7. The number of hydrogen-bond donors (Lipinski definition) is 2. The molecule has 4 rings (SSSR count). The van der Waals surface area contributed by atoms with E-state index in [0.717, 1.165) is 42.0 Å². The molecule has 0 spiro atoms. The minimum absolute atomic E-state index is 0.0919. The van der Waals surface area contributed by atoms with Crippen LogP contribution in [0.2, 0.25) is 0 Å². The fourth-order valence-corrected chi connectivity index (χ4v) is 4.66. The highest BCUT2D eigenvalue weighted by Crippen LogP contribution is 2.32. The Morgan fingerprint density at radius 2 is 1.69 bits per heavy atom. The van der Waals surface area contributed by atoms with Gasteiger partial charge >= 0.3 is 0 Å². The van der Waals surface area contributed by atoms with Crippen LogP contribution in [-0.2, 0) is 17.8 Å². The van der Waals surface area contributed by atoms with Gasteiger partial charge in [-0.3, -0.25) is 9.59 Å². The van der Waals surface area contributed by atoms with E-state index in [-0.39, 0.29) is 23.7 Å². The molecule has 3 aromatic carbocycles. The van der Waals surface area contributed by atoms with Gasteiger partial charge in [-0.25, -0.2) is 0 Å². The molecule has 1 fully saturated rings. The Morgan fingerprint density at radius 1 is 0.914 bits per heavy atom. The van der Waals surface area contributed by atoms with E-state index >= 15 is 0 Å². The van der Waals surface area contributed by atoms with Crippen LogP contribution in [-0.4, -0.2) is 50.5 Å². The van der Waals surface area contributed by atoms with Gasteiger partial charge in [0.2, 0.25) is 5.91 Å². The lowest BCUT2D eigenvalue weighted by molar-refractivity contribution is -0.124. The number of nitrogens with one attached hydrogen (secondary N) is 2. The van der Waals surface area contributed by atoms with Crippen LogP contribution in [0.3, 0.4) is 0 Å². The predicted molar refractivity (Wildman–Crippen MR) is 137 cm³/mol. The summed E-state index contributed by atoms with van der Waals surface area (Å²) in [7, 11) is 3.71. The van der Waals surface area contributed by atoms with Crippen molar-refractivity contribution in [3.8, 4) is 5.75 Å². The van der Waals surface area contributed by atoms with Crippen molar-refractivity contribution < 1.29 is 14.3 Å². The first kappa shape index (κ1) is 24.5. The molecular weight excluding hydrogens is 438 g/mol. The van der Waals surface area contributed by atoms with E-state index in [2.05, 4.69) is 34.7 Å². The molecule has 0 bridgehead atoms. The van der Waals surface area contributed by atoms with E-state index < -0.39 is 0 Å². The molecule has 3 aromatic rings. The zero-order valence-electron chi connectivity index (χ0n) is 20.4. The number of likely N-dealkylation sites (tertiary alicyclic amines) is 1. The third kappa shape index (κ3) is 6.49. The molecule has 182 valence electrons. The Kier molecular flexibility index (Phi) is 8.16. The van der Waals surface area contributed by atoms with Crippen molar-refractivity contribution in [1.29, 1.82) is 0 Å². The Labute approximate surface area is 207 Å². The zero-order chi connectivity index (χ0) is 24.6. The van der Waals surface area contributed by atoms with Crippen LogP contribution in [0.4, 0.5) is 0 Å². The summed E-state index contributed by atoms with van der Waals surface area (Å²) >= 11 is 0. The molecule has 2 atom stereocenters. The van der Waals surface area contributed by atoms with E-state index in [1.54, 1.807) is 19.2 Å². The molecule has 1 heterocycles. The quantitative estimate of drug-likeness (QED) is 0.500. The summed E-state index contributed by atoms with van der Waals surface area (Å²) in [5.74, 6) is 0.841. The number of hydrogen-bond acceptors (Lipinski definition) is 4. The van der Waals surface area contributed by atoms with Gasteiger partial charge < -0.3 is 20.3 Å². The van der Waals surface area contributed by atoms with Crippen LogP contribution in [0.5, 0.6) is 5.75 Å². The SMILES string of the molecule is COc1ccc(CCNC(=O)[C@@H]2CN(C)C[C@H]2c2cccc(CNC(=O)c3ccccc3)c2)cc1. The zero-order valence-corrected chi connectivity index (χ0v) is 20.4. The number of likely N-dealkylation sites (N-methyl/N-ethyl adjacent to an activating group) is 1. The normalized spacial score (nSPS) is 17.7. The largest absolute Gasteiger partial charge is 0.497 e. The van der Waals surface area contributed by atoms with Gasteiger partial charge in [-0.1, -0.05) is 54.6 Å². The van der Waals surface area contributed by atoms with Crippen molar-refractivity contribution in [3.05, 3.63) is 101 Å². The third-order valence-corrected chi connectivity index (χ3v) is 6.58. The second-order valence-electron chi connectivity index (χ2n) is 9.12. The molecule has 1 aliphatic heterocycles. The Bertz CT molecular complexity index is 1130. The molecule has 0 aromatic heterocycles. The first-order valence-corrected chi connectivity index (χ1v) is 12.0. The number of ether oxygens (including phenoxy) is 1. The average molecular weight is 472 g/mol. The smallest absolute Gasteiger partial charge is 0.251 e. The van der Waals surface area contributed by atoms with Gasteiger partial charge in [-0.15, -0.1) is 0 Å². The van der Waals surface area contributed by atoms with Crippen molar-refractivity contribution in [3.63, 3.8) is 0 Å². The molecule has 0 aliphatic carbocycles. The van der Waals surface area contributed by atoms with Crippen molar-refractivity contribution in [2.75, 3.05) is 33.8 Å². The molecular formula is C29H33N3O3. The van der Waals surface area contributed by atoms with Crippen LogP contribution in [0, 0.1) is 5.92 Å². The van der Waals surface area contributed by atoms with Crippen LogP contribution in [0.1, 0.15) is 33.0 Å². The van der Waals surface area contributed by atoms with Crippen LogP contribution >= 0.6 is 0 Å². The summed E-state index contributed by atoms with van der Waals surface area (Å²) < 4.78 is 5.20. The molecule has 1 aliphatic rings. The molecule has 6 heteroatoms. The van der Waals surface area contributed by atoms with Gasteiger partial charge in [-0.2, -0.15) is 0 Å². The summed E-state index contributed by atoms with van der Waals surface area (Å²) in [5.41, 5.74) is 3.97. The summed E-state index contributed by atoms with van der Waals surface area (Å²) in [6.45, 7) is 2.61. The van der Waals surface area contributed by atoms with E-state index in [0.29, 0.717) is 18.7 Å². The van der Waals surface area contributed by atoms with Gasteiger partial charge in [0.1, 0.15) is 5.75 Å². The summed E-state index contributed by atoms with van der Waals surface area (Å²) in [6, 6.07) is 25.4. The van der Waals surface area contributed by atoms with Gasteiger partial charge in [0.15, 0.2) is 0 Å². The molecule has 0 saturated carbocycles. The first-order valence-electron chi connectivity index (χ1n) is 12.0. The standard InChI is InChI=1S/C29H33N3O3/c1-32-19-26(27(20-32)29(34)30-16-15-21-11-13-25(35-2)14-12-21)24-10-6-7-22(17-24)18-31-28(33)23-8-4-3-5-9-23/h3-14,17,26-27H,15-16,18-20H2,1-2H3,(H,30,34)(H,31,33)/t26-,27+/m0/s1. The summed E-state index contributed by atoms with van der Waals surface area (Å²) in [5, 5.41) is 6.13. The molecule has 1 saturated heterocycles. The fourth-order valence-electron chi connectivity index (χ4n) is 4.66. The lowest BCUT2D eigenvalue weighted by Crippen LogP contribution is -2.35. The van der Waals surface area contributed by atoms with Gasteiger partial charge in [-0.05, 0) is 54.4 Å². The maximum Gasteiger partial charge on any atom is 0.251 e. The van der Waals surface area contributed by atoms with Crippen LogP contribution in [0.25, 0.3) is 0 Å². The molecule has 6 nitrogen and oxygen atoms in total. The van der Waals surface area contributed by atoms with E-state index in [4.69, 9.17) is 4.74 Å². The van der Waals surface area contributed by atoms with Gasteiger partial charge in [0, 0.05) is 37.7 Å².